The maximum Gasteiger partial charge on any atom is 1.00 e. The molecule has 46 valence electrons. The van der Waals surface area contributed by atoms with Gasteiger partial charge in [0.05, 0.1) is 0 Å². The predicted molar refractivity (Wildman–Crippen MR) is 12.9 cm³/mol. The van der Waals surface area contributed by atoms with Gasteiger partial charge < -0.3 is 19.2 Å². The zero-order chi connectivity index (χ0) is 6.50. The van der Waals surface area contributed by atoms with Crippen molar-refractivity contribution in [2.45, 2.75) is 0 Å². The van der Waals surface area contributed by atoms with E-state index in [4.69, 9.17) is 29.8 Å². The molecule has 0 aliphatic heterocycles. The first-order valence-corrected chi connectivity index (χ1v) is 2.39. The molecular weight excluding hydrogens is 383 g/mol. The van der Waals surface area contributed by atoms with E-state index in [2.05, 4.69) is 0 Å². The Morgan fingerprint density at radius 1 is 0.900 bits per heavy atom. The van der Waals surface area contributed by atoms with Gasteiger partial charge in [-0.2, -0.15) is 7.82 Å². The van der Waals surface area contributed by atoms with Gasteiger partial charge in [-0.05, 0) is 0 Å². The van der Waals surface area contributed by atoms with Gasteiger partial charge in [0.1, 0.15) is 0 Å². The van der Waals surface area contributed by atoms with Crippen LogP contribution >= 0.6 is 7.82 Å². The molecule has 6 nitrogen and oxygen atoms in total. The largest absolute Gasteiger partial charge is 1.00 e. The number of hydrogen-bond acceptors (Lipinski definition) is 6. The fraction of sp³-hybridized carbons (Fsp3) is 0. The zero-order valence-electron chi connectivity index (χ0n) is 5.97. The van der Waals surface area contributed by atoms with Gasteiger partial charge in [-0.15, -0.1) is 0 Å². The molecular formula is H2O6PRb3. The van der Waals surface area contributed by atoms with Crippen LogP contribution in [0.4, 0.5) is 0 Å². The van der Waals surface area contributed by atoms with Crippen molar-refractivity contribution >= 4 is 7.82 Å². The van der Waals surface area contributed by atoms with Crippen LogP contribution in [0, 0.1) is 0 Å². The minimum absolute atomic E-state index is 0. The monoisotopic (exact) mass is 384 g/mol. The Labute approximate surface area is 205 Å². The van der Waals surface area contributed by atoms with E-state index in [9.17, 15) is 0 Å². The summed E-state index contributed by atoms with van der Waals surface area (Å²) in [7, 11) is -5.39. The Hall–Kier alpha value is 5.45. The molecule has 0 aromatic rings. The molecule has 0 amide bonds. The molecule has 0 aromatic carbocycles. The van der Waals surface area contributed by atoms with Gasteiger partial charge >= 0.3 is 175 Å². The molecule has 0 rings (SSSR count). The van der Waals surface area contributed by atoms with Crippen LogP contribution in [0.1, 0.15) is 0 Å². The summed E-state index contributed by atoms with van der Waals surface area (Å²) in [6.07, 6.45) is 0. The average molecular weight is 385 g/mol. The van der Waals surface area contributed by atoms with Crippen LogP contribution in [-0.4, -0.2) is 10.5 Å². The average Bonchev–Trinajstić information content (AvgIpc) is 1.36. The minimum atomic E-state index is -5.39. The van der Waals surface area contributed by atoms with Gasteiger partial charge in [-0.3, -0.25) is 10.5 Å². The van der Waals surface area contributed by atoms with Gasteiger partial charge in [0, 0.05) is 0 Å². The van der Waals surface area contributed by atoms with Crippen LogP contribution < -0.4 is 189 Å². The summed E-state index contributed by atoms with van der Waals surface area (Å²) in [5.41, 5.74) is 0. The molecule has 0 fully saturated rings. The second kappa shape index (κ2) is 19.9. The molecule has 0 radical (unpaired) electrons. The fourth-order valence-corrected chi connectivity index (χ4v) is 0. The summed E-state index contributed by atoms with van der Waals surface area (Å²) in [6.45, 7) is 0. The summed E-state index contributed by atoms with van der Waals surface area (Å²) in [6, 6.07) is 0. The molecule has 0 saturated carbocycles. The standard InChI is InChI=1S/H3O4P.H2O2.3Rb/c1-5(2,3)4;1-2;;;/h(H3,1,2,3,4);1-2H;;;/q;;3*+1/p-3. The van der Waals surface area contributed by atoms with Crippen molar-refractivity contribution in [3.8, 4) is 0 Å². The Morgan fingerprint density at radius 2 is 0.900 bits per heavy atom. The van der Waals surface area contributed by atoms with Crippen LogP contribution in [0.15, 0.2) is 0 Å². The maximum atomic E-state index is 8.55. The summed E-state index contributed by atoms with van der Waals surface area (Å²) < 4.78 is 8.55. The predicted octanol–water partition coefficient (Wildman–Crippen LogP) is -11.8. The van der Waals surface area contributed by atoms with E-state index in [1.54, 1.807) is 0 Å². The molecule has 0 spiro atoms. The summed E-state index contributed by atoms with van der Waals surface area (Å²) >= 11 is 0. The fourth-order valence-electron chi connectivity index (χ4n) is 0. The van der Waals surface area contributed by atoms with Crippen molar-refractivity contribution in [1.29, 1.82) is 0 Å². The molecule has 0 saturated heterocycles. The quantitative estimate of drug-likeness (QED) is 0.242. The first-order chi connectivity index (χ1) is 3.00. The molecule has 10 heteroatoms. The van der Waals surface area contributed by atoms with Gasteiger partial charge in [0.15, 0.2) is 0 Å². The van der Waals surface area contributed by atoms with Crippen LogP contribution in [0.25, 0.3) is 0 Å². The van der Waals surface area contributed by atoms with Crippen LogP contribution in [0.2, 0.25) is 0 Å². The van der Waals surface area contributed by atoms with Crippen molar-refractivity contribution < 1.29 is 204 Å². The molecule has 0 bridgehead atoms. The Balaban J connectivity index is -0.0000000154. The first-order valence-electron chi connectivity index (χ1n) is 0.930. The van der Waals surface area contributed by atoms with Gasteiger partial charge in [-0.1, -0.05) is 0 Å². The number of hydrogen-bond donors (Lipinski definition) is 2. The van der Waals surface area contributed by atoms with Crippen molar-refractivity contribution in [2.75, 3.05) is 0 Å². The molecule has 0 heterocycles. The van der Waals surface area contributed by atoms with Gasteiger partial charge in [0.25, 0.3) is 0 Å². The molecule has 2 N–H and O–H groups in total. The second-order valence-electron chi connectivity index (χ2n) is 0.447. The van der Waals surface area contributed by atoms with Crippen molar-refractivity contribution in [1.82, 2.24) is 0 Å². The van der Waals surface area contributed by atoms with E-state index in [0.29, 0.717) is 0 Å². The minimum Gasteiger partial charge on any atom is -0.822 e. The van der Waals surface area contributed by atoms with E-state index < -0.39 is 7.82 Å². The normalized spacial score (nSPS) is 6.50. The summed E-state index contributed by atoms with van der Waals surface area (Å²) in [5, 5.41) is 12.0. The summed E-state index contributed by atoms with van der Waals surface area (Å²) in [4.78, 5) is 25.6. The zero-order valence-corrected chi connectivity index (χ0v) is 21.6. The Morgan fingerprint density at radius 3 is 0.900 bits per heavy atom. The number of phosphoric acid groups is 1. The first kappa shape index (κ1) is 29.5. The molecule has 0 aromatic heterocycles. The van der Waals surface area contributed by atoms with E-state index in [-0.39, 0.29) is 175 Å². The van der Waals surface area contributed by atoms with Crippen molar-refractivity contribution in [3.63, 3.8) is 0 Å². The summed E-state index contributed by atoms with van der Waals surface area (Å²) in [5.74, 6) is 0. The molecule has 0 aliphatic rings. The smallest absolute Gasteiger partial charge is 0.822 e. The third kappa shape index (κ3) is 70.2. The van der Waals surface area contributed by atoms with E-state index in [1.807, 2.05) is 0 Å². The van der Waals surface area contributed by atoms with E-state index in [1.165, 1.54) is 0 Å². The Bertz CT molecular complexity index is 59.1. The molecule has 0 aliphatic carbocycles. The van der Waals surface area contributed by atoms with Crippen LogP contribution in [-0.2, 0) is 4.57 Å². The van der Waals surface area contributed by atoms with Crippen LogP contribution in [0.3, 0.4) is 0 Å². The van der Waals surface area contributed by atoms with Crippen LogP contribution in [0.5, 0.6) is 0 Å². The van der Waals surface area contributed by atoms with Crippen molar-refractivity contribution in [2.24, 2.45) is 0 Å². The third-order valence-electron chi connectivity index (χ3n) is 0. The Kier molecular flexibility index (Phi) is 58.9. The van der Waals surface area contributed by atoms with Gasteiger partial charge in [-0.25, -0.2) is 0 Å². The molecule has 10 heavy (non-hydrogen) atoms. The molecule has 0 atom stereocenters. The maximum absolute atomic E-state index is 8.55. The van der Waals surface area contributed by atoms with Crippen molar-refractivity contribution in [3.05, 3.63) is 0 Å². The SMILES string of the molecule is O=P([O-])([O-])[O-].OO.[Rb+].[Rb+].[Rb+]. The topological polar surface area (TPSA) is 127 Å². The number of rotatable bonds is 0. The third-order valence-corrected chi connectivity index (χ3v) is 0. The van der Waals surface area contributed by atoms with E-state index >= 15 is 0 Å². The van der Waals surface area contributed by atoms with E-state index in [0.717, 1.165) is 0 Å². The molecule has 0 unspecified atom stereocenters. The van der Waals surface area contributed by atoms with Gasteiger partial charge in [0.2, 0.25) is 0 Å². The second-order valence-corrected chi connectivity index (χ2v) is 1.34.